The zero-order valence-corrected chi connectivity index (χ0v) is 9.52. The Kier molecular flexibility index (Phi) is 2.55. The molecule has 0 spiro atoms. The highest BCUT2D eigenvalue weighted by molar-refractivity contribution is 5.43. The van der Waals surface area contributed by atoms with Crippen molar-refractivity contribution in [2.75, 3.05) is 5.32 Å². The fourth-order valence-corrected chi connectivity index (χ4v) is 2.34. The average Bonchev–Trinajstić information content (AvgIpc) is 2.73. The molecular formula is C11H15N5O. The average molecular weight is 233 g/mol. The van der Waals surface area contributed by atoms with Gasteiger partial charge in [0.2, 0.25) is 0 Å². The standard InChI is InChI=1S/C11H15N5O/c17-11-14-13-10-7-6-9(15-16(10)11)12-8-4-2-1-3-5-8/h6-8H,1-5H2,(H,12,15)(H,14,17). The van der Waals surface area contributed by atoms with Gasteiger partial charge in [0.15, 0.2) is 5.65 Å². The Bertz CT molecular complexity index is 566. The summed E-state index contributed by atoms with van der Waals surface area (Å²) in [5, 5.41) is 13.8. The fraction of sp³-hybridized carbons (Fsp3) is 0.545. The maximum atomic E-state index is 11.4. The van der Waals surface area contributed by atoms with Crippen LogP contribution in [0, 0.1) is 0 Å². The Morgan fingerprint density at radius 2 is 2.12 bits per heavy atom. The number of fused-ring (bicyclic) bond motifs is 1. The van der Waals surface area contributed by atoms with Crippen LogP contribution in [0.4, 0.5) is 5.82 Å². The van der Waals surface area contributed by atoms with Crippen LogP contribution in [-0.2, 0) is 0 Å². The van der Waals surface area contributed by atoms with E-state index in [9.17, 15) is 4.79 Å². The molecule has 0 atom stereocenters. The zero-order chi connectivity index (χ0) is 11.7. The van der Waals surface area contributed by atoms with Gasteiger partial charge in [-0.1, -0.05) is 19.3 Å². The van der Waals surface area contributed by atoms with E-state index in [1.54, 1.807) is 6.07 Å². The topological polar surface area (TPSA) is 75.1 Å². The molecule has 0 saturated heterocycles. The van der Waals surface area contributed by atoms with Gasteiger partial charge in [-0.05, 0) is 25.0 Å². The summed E-state index contributed by atoms with van der Waals surface area (Å²) in [5.74, 6) is 0.743. The number of anilines is 1. The molecule has 1 fully saturated rings. The number of nitrogens with zero attached hydrogens (tertiary/aromatic N) is 3. The van der Waals surface area contributed by atoms with E-state index >= 15 is 0 Å². The van der Waals surface area contributed by atoms with Gasteiger partial charge in [0.05, 0.1) is 0 Å². The van der Waals surface area contributed by atoms with E-state index in [1.165, 1.54) is 36.6 Å². The van der Waals surface area contributed by atoms with Gasteiger partial charge >= 0.3 is 5.69 Å². The number of H-pyrrole nitrogens is 1. The lowest BCUT2D eigenvalue weighted by Gasteiger charge is -2.22. The largest absolute Gasteiger partial charge is 0.366 e. The van der Waals surface area contributed by atoms with E-state index in [4.69, 9.17) is 0 Å². The van der Waals surface area contributed by atoms with Crippen LogP contribution in [0.1, 0.15) is 32.1 Å². The predicted molar refractivity (Wildman–Crippen MR) is 64.1 cm³/mol. The quantitative estimate of drug-likeness (QED) is 0.816. The van der Waals surface area contributed by atoms with Gasteiger partial charge in [-0.15, -0.1) is 5.10 Å². The smallest absolute Gasteiger partial charge is 0.364 e. The number of aromatic amines is 1. The number of rotatable bonds is 2. The fourth-order valence-electron chi connectivity index (χ4n) is 2.34. The van der Waals surface area contributed by atoms with Crippen molar-refractivity contribution < 1.29 is 0 Å². The van der Waals surface area contributed by atoms with Gasteiger partial charge in [0.1, 0.15) is 5.82 Å². The van der Waals surface area contributed by atoms with Crippen LogP contribution >= 0.6 is 0 Å². The van der Waals surface area contributed by atoms with Crippen molar-refractivity contribution in [1.29, 1.82) is 0 Å². The van der Waals surface area contributed by atoms with Gasteiger partial charge in [0, 0.05) is 6.04 Å². The van der Waals surface area contributed by atoms with Gasteiger partial charge in [-0.3, -0.25) is 0 Å². The SMILES string of the molecule is O=c1[nH]nc2ccc(NC3CCCCC3)nn12. The molecule has 90 valence electrons. The molecule has 0 aromatic carbocycles. The van der Waals surface area contributed by atoms with E-state index < -0.39 is 0 Å². The minimum absolute atomic E-state index is 0.299. The summed E-state index contributed by atoms with van der Waals surface area (Å²) in [6.07, 6.45) is 6.23. The van der Waals surface area contributed by atoms with Crippen molar-refractivity contribution in [3.63, 3.8) is 0 Å². The molecule has 2 aromatic heterocycles. The third kappa shape index (κ3) is 2.02. The molecule has 0 radical (unpaired) electrons. The lowest BCUT2D eigenvalue weighted by atomic mass is 9.95. The van der Waals surface area contributed by atoms with Crippen LogP contribution in [0.2, 0.25) is 0 Å². The van der Waals surface area contributed by atoms with Crippen molar-refractivity contribution in [3.05, 3.63) is 22.6 Å². The number of nitrogens with one attached hydrogen (secondary N) is 2. The maximum Gasteiger partial charge on any atom is 0.364 e. The lowest BCUT2D eigenvalue weighted by Crippen LogP contribution is -2.24. The van der Waals surface area contributed by atoms with E-state index in [0.717, 1.165) is 5.82 Å². The molecule has 2 N–H and O–H groups in total. The van der Waals surface area contributed by atoms with Crippen molar-refractivity contribution in [1.82, 2.24) is 19.8 Å². The van der Waals surface area contributed by atoms with Gasteiger partial charge in [-0.25, -0.2) is 9.89 Å². The summed E-state index contributed by atoms with van der Waals surface area (Å²) in [5.41, 5.74) is 0.247. The number of hydrogen-bond acceptors (Lipinski definition) is 4. The molecular weight excluding hydrogens is 218 g/mol. The van der Waals surface area contributed by atoms with Crippen LogP contribution in [0.5, 0.6) is 0 Å². The van der Waals surface area contributed by atoms with Gasteiger partial charge in [-0.2, -0.15) is 9.61 Å². The highest BCUT2D eigenvalue weighted by Crippen LogP contribution is 2.20. The van der Waals surface area contributed by atoms with Crippen molar-refractivity contribution in [3.8, 4) is 0 Å². The molecule has 17 heavy (non-hydrogen) atoms. The minimum atomic E-state index is -0.299. The molecule has 3 rings (SSSR count). The molecule has 2 aromatic rings. The Labute approximate surface area is 98.0 Å². The second-order valence-electron chi connectivity index (χ2n) is 4.50. The Hall–Kier alpha value is -1.85. The molecule has 2 heterocycles. The van der Waals surface area contributed by atoms with Crippen LogP contribution in [0.15, 0.2) is 16.9 Å². The first-order valence-corrected chi connectivity index (χ1v) is 6.04. The summed E-state index contributed by atoms with van der Waals surface area (Å²) in [4.78, 5) is 11.4. The first-order chi connectivity index (χ1) is 8.33. The number of hydrogen-bond donors (Lipinski definition) is 2. The highest BCUT2D eigenvalue weighted by atomic mass is 16.2. The Morgan fingerprint density at radius 1 is 1.29 bits per heavy atom. The third-order valence-corrected chi connectivity index (χ3v) is 3.23. The predicted octanol–water partition coefficient (Wildman–Crippen LogP) is 1.16. The van der Waals surface area contributed by atoms with E-state index in [1.807, 2.05) is 6.07 Å². The monoisotopic (exact) mass is 233 g/mol. The lowest BCUT2D eigenvalue weighted by molar-refractivity contribution is 0.461. The van der Waals surface area contributed by atoms with E-state index in [2.05, 4.69) is 20.6 Å². The second kappa shape index (κ2) is 4.20. The Morgan fingerprint density at radius 3 is 2.94 bits per heavy atom. The summed E-state index contributed by atoms with van der Waals surface area (Å²) in [6.45, 7) is 0. The molecule has 1 aliphatic rings. The van der Waals surface area contributed by atoms with Crippen LogP contribution in [0.25, 0.3) is 5.65 Å². The summed E-state index contributed by atoms with van der Waals surface area (Å²) in [7, 11) is 0. The highest BCUT2D eigenvalue weighted by Gasteiger charge is 2.13. The molecule has 6 heteroatoms. The van der Waals surface area contributed by atoms with Crippen molar-refractivity contribution >= 4 is 11.5 Å². The molecule has 1 saturated carbocycles. The third-order valence-electron chi connectivity index (χ3n) is 3.23. The summed E-state index contributed by atoms with van der Waals surface area (Å²) in [6, 6.07) is 4.14. The van der Waals surface area contributed by atoms with E-state index in [0.29, 0.717) is 11.7 Å². The second-order valence-corrected chi connectivity index (χ2v) is 4.50. The zero-order valence-electron chi connectivity index (χ0n) is 9.52. The summed E-state index contributed by atoms with van der Waals surface area (Å²) < 4.78 is 1.28. The first kappa shape index (κ1) is 10.3. The van der Waals surface area contributed by atoms with Gasteiger partial charge in [0.25, 0.3) is 0 Å². The van der Waals surface area contributed by atoms with Crippen LogP contribution < -0.4 is 11.0 Å². The molecule has 0 unspecified atom stereocenters. The van der Waals surface area contributed by atoms with Crippen molar-refractivity contribution in [2.24, 2.45) is 0 Å². The summed E-state index contributed by atoms with van der Waals surface area (Å²) >= 11 is 0. The molecule has 1 aliphatic carbocycles. The molecule has 6 nitrogen and oxygen atoms in total. The number of aromatic nitrogens is 4. The Balaban J connectivity index is 1.84. The van der Waals surface area contributed by atoms with Crippen LogP contribution in [-0.4, -0.2) is 25.9 Å². The van der Waals surface area contributed by atoms with Gasteiger partial charge < -0.3 is 5.32 Å². The van der Waals surface area contributed by atoms with E-state index in [-0.39, 0.29) is 5.69 Å². The first-order valence-electron chi connectivity index (χ1n) is 6.04. The molecule has 0 aliphatic heterocycles. The van der Waals surface area contributed by atoms with Crippen LogP contribution in [0.3, 0.4) is 0 Å². The van der Waals surface area contributed by atoms with Crippen molar-refractivity contribution in [2.45, 2.75) is 38.1 Å². The molecule has 0 amide bonds. The minimum Gasteiger partial charge on any atom is -0.366 e. The molecule has 0 bridgehead atoms. The normalized spacial score (nSPS) is 17.4. The maximum absolute atomic E-state index is 11.4.